The maximum Gasteiger partial charge on any atom is 0.225 e. The third-order valence-corrected chi connectivity index (χ3v) is 5.54. The molecule has 0 bridgehead atoms. The van der Waals surface area contributed by atoms with Crippen molar-refractivity contribution in [3.63, 3.8) is 0 Å². The number of nitrogens with zero attached hydrogens (tertiary/aromatic N) is 1. The van der Waals surface area contributed by atoms with Crippen LogP contribution in [0.1, 0.15) is 65.2 Å². The van der Waals surface area contributed by atoms with E-state index in [0.29, 0.717) is 11.8 Å². The number of carbonyl (C=O) groups excluding carboxylic acids is 1. The number of hydrogen-bond donors (Lipinski definition) is 1. The normalized spacial score (nSPS) is 21.6. The van der Waals surface area contributed by atoms with Crippen molar-refractivity contribution >= 4 is 18.3 Å². The summed E-state index contributed by atoms with van der Waals surface area (Å²) in [6.45, 7) is 8.49. The molecule has 1 N–H and O–H groups in total. The van der Waals surface area contributed by atoms with Gasteiger partial charge in [0.15, 0.2) is 0 Å². The maximum absolute atomic E-state index is 12.7. The van der Waals surface area contributed by atoms with Crippen molar-refractivity contribution in [3.05, 3.63) is 0 Å². The first-order chi connectivity index (χ1) is 10.2. The summed E-state index contributed by atoms with van der Waals surface area (Å²) in [6, 6.07) is 0. The Kier molecular flexibility index (Phi) is 9.42. The maximum atomic E-state index is 12.7. The van der Waals surface area contributed by atoms with E-state index in [4.69, 9.17) is 0 Å². The second-order valence-electron chi connectivity index (χ2n) is 7.07. The van der Waals surface area contributed by atoms with E-state index >= 15 is 0 Å². The Morgan fingerprint density at radius 2 is 1.73 bits per heavy atom. The van der Waals surface area contributed by atoms with Crippen LogP contribution in [0.25, 0.3) is 0 Å². The molecule has 1 saturated carbocycles. The van der Waals surface area contributed by atoms with Gasteiger partial charge in [0.2, 0.25) is 5.91 Å². The van der Waals surface area contributed by atoms with E-state index in [-0.39, 0.29) is 12.4 Å². The molecule has 0 aromatic rings. The number of likely N-dealkylation sites (tertiary alicyclic amines) is 1. The number of carbonyl (C=O) groups is 1. The van der Waals surface area contributed by atoms with Crippen LogP contribution in [-0.4, -0.2) is 37.0 Å². The number of halogens is 1. The SMILES string of the molecule is CCNCC1CCN(C(=O)C(CC)CC2CCCC2)CC1.Cl. The number of amides is 1. The molecule has 1 aliphatic carbocycles. The van der Waals surface area contributed by atoms with Gasteiger partial charge >= 0.3 is 0 Å². The Morgan fingerprint density at radius 3 is 2.27 bits per heavy atom. The molecule has 4 heteroatoms. The van der Waals surface area contributed by atoms with E-state index in [1.54, 1.807) is 0 Å². The molecule has 3 nitrogen and oxygen atoms in total. The molecule has 1 amide bonds. The van der Waals surface area contributed by atoms with Gasteiger partial charge in [-0.2, -0.15) is 0 Å². The molecule has 1 heterocycles. The van der Waals surface area contributed by atoms with E-state index in [9.17, 15) is 4.79 Å². The Hall–Kier alpha value is -0.280. The van der Waals surface area contributed by atoms with E-state index in [1.807, 2.05) is 0 Å². The van der Waals surface area contributed by atoms with E-state index in [0.717, 1.165) is 50.9 Å². The molecule has 1 atom stereocenters. The van der Waals surface area contributed by atoms with Crippen molar-refractivity contribution in [1.29, 1.82) is 0 Å². The molecule has 0 spiro atoms. The largest absolute Gasteiger partial charge is 0.342 e. The molecule has 2 aliphatic rings. The Morgan fingerprint density at radius 1 is 1.09 bits per heavy atom. The summed E-state index contributed by atoms with van der Waals surface area (Å²) in [7, 11) is 0. The fraction of sp³-hybridized carbons (Fsp3) is 0.944. The first-order valence-corrected chi connectivity index (χ1v) is 9.24. The van der Waals surface area contributed by atoms with Crippen molar-refractivity contribution in [3.8, 4) is 0 Å². The highest BCUT2D eigenvalue weighted by Crippen LogP contribution is 2.32. The highest BCUT2D eigenvalue weighted by molar-refractivity contribution is 5.85. The van der Waals surface area contributed by atoms with Gasteiger partial charge in [0.1, 0.15) is 0 Å². The summed E-state index contributed by atoms with van der Waals surface area (Å²) in [5.41, 5.74) is 0. The highest BCUT2D eigenvalue weighted by atomic mass is 35.5. The van der Waals surface area contributed by atoms with E-state index in [2.05, 4.69) is 24.1 Å². The molecule has 0 aromatic carbocycles. The predicted octanol–water partition coefficient (Wildman–Crippen LogP) is 3.86. The lowest BCUT2D eigenvalue weighted by atomic mass is 9.89. The summed E-state index contributed by atoms with van der Waals surface area (Å²) >= 11 is 0. The molecule has 22 heavy (non-hydrogen) atoms. The average Bonchev–Trinajstić information content (AvgIpc) is 3.03. The minimum absolute atomic E-state index is 0. The molecule has 1 unspecified atom stereocenters. The van der Waals surface area contributed by atoms with Gasteiger partial charge < -0.3 is 10.2 Å². The van der Waals surface area contributed by atoms with Gasteiger partial charge in [-0.05, 0) is 50.6 Å². The molecule has 130 valence electrons. The van der Waals surface area contributed by atoms with Gasteiger partial charge in [-0.3, -0.25) is 4.79 Å². The van der Waals surface area contributed by atoms with Gasteiger partial charge in [-0.15, -0.1) is 12.4 Å². The van der Waals surface area contributed by atoms with Crippen LogP contribution in [0.4, 0.5) is 0 Å². The second kappa shape index (κ2) is 10.5. The molecule has 2 rings (SSSR count). The van der Waals surface area contributed by atoms with Crippen LogP contribution in [0.2, 0.25) is 0 Å². The first-order valence-electron chi connectivity index (χ1n) is 9.24. The second-order valence-corrected chi connectivity index (χ2v) is 7.07. The zero-order valence-electron chi connectivity index (χ0n) is 14.5. The summed E-state index contributed by atoms with van der Waals surface area (Å²) in [6.07, 6.45) is 10.00. The van der Waals surface area contributed by atoms with Crippen molar-refractivity contribution in [2.75, 3.05) is 26.2 Å². The summed E-state index contributed by atoms with van der Waals surface area (Å²) < 4.78 is 0. The minimum Gasteiger partial charge on any atom is -0.342 e. The fourth-order valence-electron chi connectivity index (χ4n) is 4.05. The van der Waals surface area contributed by atoms with Gasteiger partial charge in [-0.25, -0.2) is 0 Å². The van der Waals surface area contributed by atoms with E-state index < -0.39 is 0 Å². The van der Waals surface area contributed by atoms with Crippen LogP contribution in [0.15, 0.2) is 0 Å². The fourth-order valence-corrected chi connectivity index (χ4v) is 4.05. The molecule has 0 aromatic heterocycles. The number of rotatable bonds is 7. The molecule has 0 radical (unpaired) electrons. The first kappa shape index (κ1) is 19.8. The van der Waals surface area contributed by atoms with Crippen molar-refractivity contribution in [2.45, 2.75) is 65.2 Å². The van der Waals surface area contributed by atoms with Gasteiger partial charge in [-0.1, -0.05) is 39.5 Å². The quantitative estimate of drug-likeness (QED) is 0.768. The topological polar surface area (TPSA) is 32.3 Å². The molecule has 2 fully saturated rings. The van der Waals surface area contributed by atoms with E-state index in [1.165, 1.54) is 38.5 Å². The van der Waals surface area contributed by atoms with Crippen LogP contribution in [0.5, 0.6) is 0 Å². The monoisotopic (exact) mass is 330 g/mol. The van der Waals surface area contributed by atoms with Gasteiger partial charge in [0.25, 0.3) is 0 Å². The minimum atomic E-state index is 0. The van der Waals surface area contributed by atoms with Crippen LogP contribution >= 0.6 is 12.4 Å². The lowest BCUT2D eigenvalue weighted by molar-refractivity contribution is -0.137. The zero-order chi connectivity index (χ0) is 15.1. The lowest BCUT2D eigenvalue weighted by Gasteiger charge is -2.34. The van der Waals surface area contributed by atoms with Crippen molar-refractivity contribution in [2.24, 2.45) is 17.8 Å². The standard InChI is InChI=1S/C18H34N2O.ClH/c1-3-17(13-15-7-5-6-8-15)18(21)20-11-9-16(10-12-20)14-19-4-2;/h15-17,19H,3-14H2,1-2H3;1H. The molecule has 1 aliphatic heterocycles. The third kappa shape index (κ3) is 5.73. The number of piperidine rings is 1. The van der Waals surface area contributed by atoms with Crippen LogP contribution < -0.4 is 5.32 Å². The summed E-state index contributed by atoms with van der Waals surface area (Å²) in [4.78, 5) is 14.9. The van der Waals surface area contributed by atoms with Crippen LogP contribution in [0.3, 0.4) is 0 Å². The van der Waals surface area contributed by atoms with Crippen molar-refractivity contribution in [1.82, 2.24) is 10.2 Å². The van der Waals surface area contributed by atoms with Crippen molar-refractivity contribution < 1.29 is 4.79 Å². The number of hydrogen-bond acceptors (Lipinski definition) is 2. The zero-order valence-corrected chi connectivity index (χ0v) is 15.3. The van der Waals surface area contributed by atoms with Gasteiger partial charge in [0, 0.05) is 19.0 Å². The Balaban J connectivity index is 0.00000242. The smallest absolute Gasteiger partial charge is 0.225 e. The summed E-state index contributed by atoms with van der Waals surface area (Å²) in [5, 5.41) is 3.44. The third-order valence-electron chi connectivity index (χ3n) is 5.54. The number of nitrogens with one attached hydrogen (secondary N) is 1. The van der Waals surface area contributed by atoms with Crippen LogP contribution in [-0.2, 0) is 4.79 Å². The molecular formula is C18H35ClN2O. The average molecular weight is 331 g/mol. The lowest BCUT2D eigenvalue weighted by Crippen LogP contribution is -2.43. The summed E-state index contributed by atoms with van der Waals surface area (Å²) in [5.74, 6) is 2.33. The Labute approximate surface area is 143 Å². The van der Waals surface area contributed by atoms with Crippen LogP contribution in [0, 0.1) is 17.8 Å². The highest BCUT2D eigenvalue weighted by Gasteiger charge is 2.29. The van der Waals surface area contributed by atoms with Gasteiger partial charge in [0.05, 0.1) is 0 Å². The predicted molar refractivity (Wildman–Crippen MR) is 95.5 cm³/mol. The molecule has 1 saturated heterocycles. The molecular weight excluding hydrogens is 296 g/mol. The Bertz CT molecular complexity index is 310.